The molecule has 5 rings (SSSR count). The molecule has 0 atom stereocenters. The molecule has 0 amide bonds. The maximum Gasteiger partial charge on any atom is 0.420 e. The highest BCUT2D eigenvalue weighted by Gasteiger charge is 2.20. The van der Waals surface area contributed by atoms with Crippen LogP contribution in [0, 0.1) is 12.7 Å². The molecular weight excluding hydrogens is 413 g/mol. The lowest BCUT2D eigenvalue weighted by molar-refractivity contribution is 0.0687. The number of aromatic nitrogens is 5. The number of fused-ring (bicyclic) bond motifs is 2. The molecule has 4 heterocycles. The van der Waals surface area contributed by atoms with Crippen molar-refractivity contribution in [2.45, 2.75) is 32.9 Å². The van der Waals surface area contributed by atoms with Gasteiger partial charge in [0.05, 0.1) is 23.4 Å². The quantitative estimate of drug-likeness (QED) is 0.466. The Labute approximate surface area is 181 Å². The number of hydrogen-bond donors (Lipinski definition) is 1. The average Bonchev–Trinajstić information content (AvgIpc) is 3.24. The number of para-hydroxylation sites is 1. The van der Waals surface area contributed by atoms with Crippen LogP contribution in [0.15, 0.2) is 58.1 Å². The van der Waals surface area contributed by atoms with Crippen LogP contribution in [0.5, 0.6) is 0 Å². The third-order valence-corrected chi connectivity index (χ3v) is 5.40. The highest BCUT2D eigenvalue weighted by molar-refractivity contribution is 5.73. The topological polar surface area (TPSA) is 98.5 Å². The normalized spacial score (nSPS) is 12.2. The third kappa shape index (κ3) is 3.27. The minimum Gasteiger partial charge on any atom is -0.405 e. The summed E-state index contributed by atoms with van der Waals surface area (Å²) in [6, 6.07) is 8.22. The second-order valence-corrected chi connectivity index (χ2v) is 8.19. The largest absolute Gasteiger partial charge is 0.420 e. The predicted molar refractivity (Wildman–Crippen MR) is 116 cm³/mol. The molecule has 0 aliphatic carbocycles. The molecule has 0 saturated heterocycles. The van der Waals surface area contributed by atoms with Gasteiger partial charge in [-0.1, -0.05) is 6.07 Å². The van der Waals surface area contributed by atoms with Gasteiger partial charge < -0.3 is 13.9 Å². The van der Waals surface area contributed by atoms with E-state index in [2.05, 4.69) is 15.0 Å². The van der Waals surface area contributed by atoms with Crippen molar-refractivity contribution in [2.24, 2.45) is 0 Å². The average molecular weight is 433 g/mol. The number of oxazole rings is 1. The smallest absolute Gasteiger partial charge is 0.405 e. The first kappa shape index (κ1) is 20.1. The molecule has 0 aliphatic rings. The predicted octanol–water partition coefficient (Wildman–Crippen LogP) is 3.42. The maximum absolute atomic E-state index is 14.0. The van der Waals surface area contributed by atoms with Crippen LogP contribution in [0.2, 0.25) is 0 Å². The number of imidazole rings is 1. The fourth-order valence-corrected chi connectivity index (χ4v) is 3.72. The van der Waals surface area contributed by atoms with E-state index in [9.17, 15) is 14.3 Å². The zero-order valence-corrected chi connectivity index (χ0v) is 17.7. The van der Waals surface area contributed by atoms with Crippen LogP contribution in [0.3, 0.4) is 0 Å². The van der Waals surface area contributed by atoms with Crippen molar-refractivity contribution in [1.29, 1.82) is 0 Å². The number of aliphatic hydroxyl groups is 1. The first-order valence-electron chi connectivity index (χ1n) is 10.0. The van der Waals surface area contributed by atoms with E-state index >= 15 is 0 Å². The molecule has 162 valence electrons. The molecule has 0 fully saturated rings. The van der Waals surface area contributed by atoms with Gasteiger partial charge in [0.2, 0.25) is 0 Å². The molecule has 8 nitrogen and oxygen atoms in total. The molecule has 0 radical (unpaired) electrons. The summed E-state index contributed by atoms with van der Waals surface area (Å²) in [5.74, 6) is -0.879. The summed E-state index contributed by atoms with van der Waals surface area (Å²) < 4.78 is 22.4. The van der Waals surface area contributed by atoms with Crippen LogP contribution in [0.1, 0.15) is 31.1 Å². The van der Waals surface area contributed by atoms with Crippen molar-refractivity contribution in [3.63, 3.8) is 0 Å². The molecule has 0 aliphatic heterocycles. The molecule has 1 N–H and O–H groups in total. The van der Waals surface area contributed by atoms with E-state index in [1.54, 1.807) is 38.4 Å². The van der Waals surface area contributed by atoms with Gasteiger partial charge in [-0.25, -0.2) is 24.1 Å². The van der Waals surface area contributed by atoms with E-state index in [0.717, 1.165) is 22.5 Å². The lowest BCUT2D eigenvalue weighted by Crippen LogP contribution is -2.19. The summed E-state index contributed by atoms with van der Waals surface area (Å²) in [5.41, 5.74) is 3.03. The molecule has 0 saturated carbocycles. The summed E-state index contributed by atoms with van der Waals surface area (Å²) in [4.78, 5) is 25.5. The maximum atomic E-state index is 14.0. The highest BCUT2D eigenvalue weighted by atomic mass is 19.1. The number of rotatable bonds is 4. The van der Waals surface area contributed by atoms with Gasteiger partial charge >= 0.3 is 5.76 Å². The number of hydrogen-bond acceptors (Lipinski definition) is 6. The van der Waals surface area contributed by atoms with E-state index in [-0.39, 0.29) is 12.1 Å². The van der Waals surface area contributed by atoms with Crippen molar-refractivity contribution >= 4 is 16.7 Å². The van der Waals surface area contributed by atoms with Crippen molar-refractivity contribution in [1.82, 2.24) is 23.9 Å². The fourth-order valence-electron chi connectivity index (χ4n) is 3.72. The van der Waals surface area contributed by atoms with E-state index in [4.69, 9.17) is 4.42 Å². The molecule has 4 aromatic heterocycles. The molecule has 32 heavy (non-hydrogen) atoms. The van der Waals surface area contributed by atoms with E-state index < -0.39 is 17.2 Å². The van der Waals surface area contributed by atoms with Crippen LogP contribution < -0.4 is 5.76 Å². The Morgan fingerprint density at radius 2 is 1.88 bits per heavy atom. The second kappa shape index (κ2) is 7.10. The van der Waals surface area contributed by atoms with Crippen LogP contribution in [0.4, 0.5) is 4.39 Å². The summed E-state index contributed by atoms with van der Waals surface area (Å²) in [6.07, 6.45) is 5.20. The zero-order chi connectivity index (χ0) is 22.6. The number of benzene rings is 1. The van der Waals surface area contributed by atoms with Crippen molar-refractivity contribution in [3.05, 3.63) is 82.5 Å². The SMILES string of the molecule is Cc1nc2ccc(-c3cnc(C(C)(C)O)nc3)cn2c1Cn1c(=O)oc2c(F)cccc21. The van der Waals surface area contributed by atoms with Gasteiger partial charge in [0, 0.05) is 29.7 Å². The van der Waals surface area contributed by atoms with E-state index in [0.29, 0.717) is 17.0 Å². The Bertz CT molecular complexity index is 1520. The second-order valence-electron chi connectivity index (χ2n) is 8.19. The van der Waals surface area contributed by atoms with Gasteiger partial charge in [-0.2, -0.15) is 0 Å². The highest BCUT2D eigenvalue weighted by Crippen LogP contribution is 2.24. The standard InChI is InChI=1S/C23H20FN5O3/c1-13-18(12-29-17-6-4-5-16(24)20(17)32-22(29)30)28-11-14(7-8-19(28)27-13)15-9-25-21(26-10-15)23(2,3)31/h4-11,31H,12H2,1-3H3. The van der Waals surface area contributed by atoms with Gasteiger partial charge in [-0.05, 0) is 45.0 Å². The number of pyridine rings is 1. The summed E-state index contributed by atoms with van der Waals surface area (Å²) in [7, 11) is 0. The first-order chi connectivity index (χ1) is 15.2. The van der Waals surface area contributed by atoms with E-state index in [1.165, 1.54) is 10.6 Å². The van der Waals surface area contributed by atoms with Crippen molar-refractivity contribution < 1.29 is 13.9 Å². The Morgan fingerprint density at radius 3 is 2.59 bits per heavy atom. The summed E-state index contributed by atoms with van der Waals surface area (Å²) in [6.45, 7) is 5.28. The molecule has 0 bridgehead atoms. The molecule has 0 unspecified atom stereocenters. The molecular formula is C23H20FN5O3. The third-order valence-electron chi connectivity index (χ3n) is 5.40. The number of halogens is 1. The molecule has 0 spiro atoms. The minimum absolute atomic E-state index is 0.0614. The summed E-state index contributed by atoms with van der Waals surface area (Å²) >= 11 is 0. The Kier molecular flexibility index (Phi) is 4.45. The van der Waals surface area contributed by atoms with Crippen molar-refractivity contribution in [2.75, 3.05) is 0 Å². The monoisotopic (exact) mass is 433 g/mol. The number of aryl methyl sites for hydroxylation is 1. The van der Waals surface area contributed by atoms with Gasteiger partial charge in [0.15, 0.2) is 17.2 Å². The Morgan fingerprint density at radius 1 is 1.12 bits per heavy atom. The molecule has 5 aromatic rings. The van der Waals surface area contributed by atoms with Crippen LogP contribution in [-0.4, -0.2) is 29.0 Å². The minimum atomic E-state index is -1.13. The zero-order valence-electron chi connectivity index (χ0n) is 17.7. The van der Waals surface area contributed by atoms with Gasteiger partial charge in [0.1, 0.15) is 11.2 Å². The lowest BCUT2D eigenvalue weighted by atomic mass is 10.1. The molecule has 9 heteroatoms. The Balaban J connectivity index is 1.60. The fraction of sp³-hybridized carbons (Fsp3) is 0.217. The molecule has 1 aromatic carbocycles. The van der Waals surface area contributed by atoms with Crippen LogP contribution >= 0.6 is 0 Å². The van der Waals surface area contributed by atoms with Gasteiger partial charge in [-0.3, -0.25) is 4.57 Å². The van der Waals surface area contributed by atoms with Crippen LogP contribution in [0.25, 0.3) is 27.9 Å². The van der Waals surface area contributed by atoms with Crippen molar-refractivity contribution in [3.8, 4) is 11.1 Å². The first-order valence-corrected chi connectivity index (χ1v) is 10.0. The van der Waals surface area contributed by atoms with Gasteiger partial charge in [0.25, 0.3) is 0 Å². The Hall–Kier alpha value is -3.85. The lowest BCUT2D eigenvalue weighted by Gasteiger charge is -2.15. The van der Waals surface area contributed by atoms with E-state index in [1.807, 2.05) is 29.7 Å². The van der Waals surface area contributed by atoms with Gasteiger partial charge in [-0.15, -0.1) is 0 Å². The number of nitrogens with zero attached hydrogens (tertiary/aromatic N) is 5. The summed E-state index contributed by atoms with van der Waals surface area (Å²) in [5, 5.41) is 10.1. The van der Waals surface area contributed by atoms with Crippen LogP contribution in [-0.2, 0) is 12.1 Å².